The van der Waals surface area contributed by atoms with Gasteiger partial charge in [-0.25, -0.2) is 8.78 Å². The highest BCUT2D eigenvalue weighted by Crippen LogP contribution is 2.51. The maximum Gasteiger partial charge on any atom is 0.249 e. The molecule has 1 nitrogen and oxygen atoms in total. The average Bonchev–Trinajstić information content (AvgIpc) is 2.20. The molecule has 0 radical (unpaired) electrons. The van der Waals surface area contributed by atoms with Crippen molar-refractivity contribution < 1.29 is 8.78 Å². The van der Waals surface area contributed by atoms with E-state index in [2.05, 4.69) is 11.8 Å². The summed E-state index contributed by atoms with van der Waals surface area (Å²) in [7, 11) is 2.01. The predicted molar refractivity (Wildman–Crippen MR) is 72.8 cm³/mol. The molecule has 1 fully saturated rings. The van der Waals surface area contributed by atoms with Crippen LogP contribution in [0.15, 0.2) is 0 Å². The summed E-state index contributed by atoms with van der Waals surface area (Å²) in [6.45, 7) is 13.9. The summed E-state index contributed by atoms with van der Waals surface area (Å²) in [6, 6.07) is 0. The van der Waals surface area contributed by atoms with Crippen molar-refractivity contribution in [3.63, 3.8) is 0 Å². The Balaban J connectivity index is 0. The van der Waals surface area contributed by atoms with Crippen molar-refractivity contribution in [2.45, 2.75) is 66.7 Å². The molecule has 0 aromatic rings. The maximum atomic E-state index is 12.7. The molecule has 0 saturated heterocycles. The number of alkyl halides is 2. The highest BCUT2D eigenvalue weighted by Gasteiger charge is 2.53. The Morgan fingerprint density at radius 3 is 1.76 bits per heavy atom. The SMILES string of the molecule is CC.CC.CCCN(C)CC1(C)CC(F)(F)C1. The predicted octanol–water partition coefficient (Wildman–Crippen LogP) is 4.82. The third kappa shape index (κ3) is 7.69. The molecular weight excluding hydrogens is 220 g/mol. The first-order valence-corrected chi connectivity index (χ1v) is 6.93. The molecule has 1 aliphatic rings. The zero-order valence-electron chi connectivity index (χ0n) is 12.7. The van der Waals surface area contributed by atoms with E-state index in [1.807, 2.05) is 41.7 Å². The van der Waals surface area contributed by atoms with Crippen LogP contribution in [0.2, 0.25) is 0 Å². The minimum absolute atomic E-state index is 0.0635. The molecule has 0 aromatic heterocycles. The van der Waals surface area contributed by atoms with E-state index in [0.717, 1.165) is 19.5 Å². The molecule has 0 amide bonds. The molecule has 0 N–H and O–H groups in total. The van der Waals surface area contributed by atoms with Crippen LogP contribution in [0.1, 0.15) is 60.8 Å². The van der Waals surface area contributed by atoms with E-state index in [1.54, 1.807) is 0 Å². The van der Waals surface area contributed by atoms with Gasteiger partial charge in [0.05, 0.1) is 0 Å². The van der Waals surface area contributed by atoms with Crippen LogP contribution in [0.5, 0.6) is 0 Å². The smallest absolute Gasteiger partial charge is 0.249 e. The molecule has 1 saturated carbocycles. The van der Waals surface area contributed by atoms with E-state index in [4.69, 9.17) is 0 Å². The van der Waals surface area contributed by atoms with Gasteiger partial charge in [0, 0.05) is 19.4 Å². The lowest BCUT2D eigenvalue weighted by molar-refractivity contribution is -0.159. The van der Waals surface area contributed by atoms with Gasteiger partial charge in [0.25, 0.3) is 0 Å². The van der Waals surface area contributed by atoms with Gasteiger partial charge in [-0.1, -0.05) is 41.5 Å². The van der Waals surface area contributed by atoms with Gasteiger partial charge in [0.15, 0.2) is 0 Å². The van der Waals surface area contributed by atoms with E-state index >= 15 is 0 Å². The van der Waals surface area contributed by atoms with E-state index in [0.29, 0.717) is 0 Å². The van der Waals surface area contributed by atoms with Crippen LogP contribution >= 0.6 is 0 Å². The molecule has 0 bridgehead atoms. The van der Waals surface area contributed by atoms with Crippen molar-refractivity contribution in [3.8, 4) is 0 Å². The fraction of sp³-hybridized carbons (Fsp3) is 1.00. The first-order chi connectivity index (χ1) is 7.87. The number of hydrogen-bond donors (Lipinski definition) is 0. The van der Waals surface area contributed by atoms with Gasteiger partial charge in [-0.3, -0.25) is 0 Å². The molecule has 1 aliphatic carbocycles. The third-order valence-electron chi connectivity index (χ3n) is 2.63. The van der Waals surface area contributed by atoms with Gasteiger partial charge >= 0.3 is 0 Å². The van der Waals surface area contributed by atoms with Gasteiger partial charge < -0.3 is 4.90 Å². The molecule has 0 aliphatic heterocycles. The Hall–Kier alpha value is -0.180. The van der Waals surface area contributed by atoms with Crippen LogP contribution in [0.4, 0.5) is 8.78 Å². The van der Waals surface area contributed by atoms with Crippen LogP contribution < -0.4 is 0 Å². The fourth-order valence-corrected chi connectivity index (χ4v) is 2.42. The summed E-state index contributed by atoms with van der Waals surface area (Å²) in [4.78, 5) is 2.15. The van der Waals surface area contributed by atoms with Crippen molar-refractivity contribution >= 4 is 0 Å². The summed E-state index contributed by atoms with van der Waals surface area (Å²) in [6.07, 6.45) is 1.21. The second kappa shape index (κ2) is 8.84. The molecule has 17 heavy (non-hydrogen) atoms. The number of halogens is 2. The molecule has 1 rings (SSSR count). The lowest BCUT2D eigenvalue weighted by atomic mass is 9.67. The summed E-state index contributed by atoms with van der Waals surface area (Å²) in [5.74, 6) is -2.39. The Bertz CT molecular complexity index is 173. The normalized spacial score (nSPS) is 19.4. The van der Waals surface area contributed by atoms with Crippen molar-refractivity contribution in [2.75, 3.05) is 20.1 Å². The molecule has 0 spiro atoms. The summed E-state index contributed by atoms with van der Waals surface area (Å²) in [5.41, 5.74) is -0.145. The summed E-state index contributed by atoms with van der Waals surface area (Å²) >= 11 is 0. The largest absolute Gasteiger partial charge is 0.306 e. The third-order valence-corrected chi connectivity index (χ3v) is 2.63. The Kier molecular flexibility index (Phi) is 9.97. The quantitative estimate of drug-likeness (QED) is 0.692. The van der Waals surface area contributed by atoms with Crippen molar-refractivity contribution in [3.05, 3.63) is 0 Å². The number of rotatable bonds is 4. The second-order valence-corrected chi connectivity index (χ2v) is 4.76. The Morgan fingerprint density at radius 1 is 1.06 bits per heavy atom. The van der Waals surface area contributed by atoms with Crippen LogP contribution in [0, 0.1) is 5.41 Å². The molecule has 0 aromatic carbocycles. The minimum atomic E-state index is -2.39. The summed E-state index contributed by atoms with van der Waals surface area (Å²) in [5, 5.41) is 0. The first-order valence-electron chi connectivity index (χ1n) is 6.93. The number of nitrogens with zero attached hydrogens (tertiary/aromatic N) is 1. The van der Waals surface area contributed by atoms with Crippen molar-refractivity contribution in [1.29, 1.82) is 0 Å². The molecule has 0 heterocycles. The highest BCUT2D eigenvalue weighted by molar-refractivity contribution is 4.97. The van der Waals surface area contributed by atoms with Crippen molar-refractivity contribution in [2.24, 2.45) is 5.41 Å². The zero-order valence-corrected chi connectivity index (χ0v) is 12.7. The first kappa shape index (κ1) is 19.2. The molecule has 0 atom stereocenters. The Morgan fingerprint density at radius 2 is 1.47 bits per heavy atom. The van der Waals surface area contributed by atoms with Crippen LogP contribution in [0.25, 0.3) is 0 Å². The number of hydrogen-bond acceptors (Lipinski definition) is 1. The molecule has 106 valence electrons. The maximum absolute atomic E-state index is 12.7. The molecular formula is C14H31F2N. The van der Waals surface area contributed by atoms with E-state index < -0.39 is 5.92 Å². The van der Waals surface area contributed by atoms with Gasteiger partial charge in [-0.15, -0.1) is 0 Å². The van der Waals surface area contributed by atoms with Gasteiger partial charge in [-0.05, 0) is 25.4 Å². The standard InChI is InChI=1S/C10H19F2N.2C2H6/c1-4-5-13(3)8-9(2)6-10(11,12)7-9;2*1-2/h4-8H2,1-3H3;2*1-2H3. The van der Waals surface area contributed by atoms with Gasteiger partial charge in [0.2, 0.25) is 5.92 Å². The zero-order chi connectivity index (χ0) is 14.1. The monoisotopic (exact) mass is 251 g/mol. The van der Waals surface area contributed by atoms with Crippen molar-refractivity contribution in [1.82, 2.24) is 4.90 Å². The highest BCUT2D eigenvalue weighted by atomic mass is 19.3. The molecule has 3 heteroatoms. The second-order valence-electron chi connectivity index (χ2n) is 4.76. The van der Waals surface area contributed by atoms with Crippen LogP contribution in [-0.4, -0.2) is 31.0 Å². The van der Waals surface area contributed by atoms with E-state index in [-0.39, 0.29) is 18.3 Å². The average molecular weight is 251 g/mol. The van der Waals surface area contributed by atoms with E-state index in [1.165, 1.54) is 0 Å². The van der Waals surface area contributed by atoms with Crippen LogP contribution in [-0.2, 0) is 0 Å². The minimum Gasteiger partial charge on any atom is -0.306 e. The fourth-order valence-electron chi connectivity index (χ4n) is 2.42. The lowest BCUT2D eigenvalue weighted by Gasteiger charge is -2.46. The van der Waals surface area contributed by atoms with Crippen LogP contribution in [0.3, 0.4) is 0 Å². The molecule has 0 unspecified atom stereocenters. The lowest BCUT2D eigenvalue weighted by Crippen LogP contribution is -2.49. The van der Waals surface area contributed by atoms with E-state index in [9.17, 15) is 8.78 Å². The Labute approximate surface area is 107 Å². The van der Waals surface area contributed by atoms with Gasteiger partial charge in [-0.2, -0.15) is 0 Å². The van der Waals surface area contributed by atoms with Gasteiger partial charge in [0.1, 0.15) is 0 Å². The topological polar surface area (TPSA) is 3.24 Å². The summed E-state index contributed by atoms with van der Waals surface area (Å²) < 4.78 is 25.3.